The summed E-state index contributed by atoms with van der Waals surface area (Å²) in [4.78, 5) is 17.1. The van der Waals surface area contributed by atoms with Crippen molar-refractivity contribution in [2.45, 2.75) is 53.4 Å². The minimum absolute atomic E-state index is 0.0484. The lowest BCUT2D eigenvalue weighted by Crippen LogP contribution is -2.21. The molecule has 0 spiro atoms. The van der Waals surface area contributed by atoms with E-state index in [0.29, 0.717) is 18.7 Å². The van der Waals surface area contributed by atoms with Crippen molar-refractivity contribution in [2.24, 2.45) is 4.99 Å². The molecule has 41 heavy (non-hydrogen) atoms. The summed E-state index contributed by atoms with van der Waals surface area (Å²) in [6.45, 7) is 11.7. The molecular formula is C34H46N2O4S. The number of rotatable bonds is 12. The molecule has 0 aliphatic heterocycles. The Morgan fingerprint density at radius 2 is 1.66 bits per heavy atom. The summed E-state index contributed by atoms with van der Waals surface area (Å²) >= 11 is 1.62. The summed E-state index contributed by atoms with van der Waals surface area (Å²) in [5.41, 5.74) is 4.50. The predicted octanol–water partition coefficient (Wildman–Crippen LogP) is 8.20. The quantitative estimate of drug-likeness (QED) is 0.203. The minimum Gasteiger partial charge on any atom is -0.497 e. The fourth-order valence-electron chi connectivity index (χ4n) is 3.66. The van der Waals surface area contributed by atoms with Crippen LogP contribution in [0.4, 0.5) is 0 Å². The Morgan fingerprint density at radius 1 is 0.951 bits per heavy atom. The second kappa shape index (κ2) is 21.1. The van der Waals surface area contributed by atoms with Crippen molar-refractivity contribution < 1.29 is 19.0 Å². The van der Waals surface area contributed by atoms with Gasteiger partial charge in [0.15, 0.2) is 11.5 Å². The summed E-state index contributed by atoms with van der Waals surface area (Å²) in [6.07, 6.45) is 11.0. The number of aliphatic imine (C=N–C) groups is 1. The molecule has 0 unspecified atom stereocenters. The summed E-state index contributed by atoms with van der Waals surface area (Å²) < 4.78 is 15.5. The van der Waals surface area contributed by atoms with Gasteiger partial charge in [0.25, 0.3) is 0 Å². The summed E-state index contributed by atoms with van der Waals surface area (Å²) in [6, 6.07) is 16.1. The third-order valence-corrected chi connectivity index (χ3v) is 6.88. The van der Waals surface area contributed by atoms with Gasteiger partial charge in [-0.15, -0.1) is 11.8 Å². The van der Waals surface area contributed by atoms with E-state index >= 15 is 0 Å². The molecule has 1 aliphatic rings. The monoisotopic (exact) mass is 578 g/mol. The second-order valence-corrected chi connectivity index (χ2v) is 9.70. The molecular weight excluding hydrogens is 532 g/mol. The van der Waals surface area contributed by atoms with Crippen molar-refractivity contribution in [3.8, 4) is 11.5 Å². The van der Waals surface area contributed by atoms with Gasteiger partial charge in [0, 0.05) is 24.2 Å². The first-order valence-electron chi connectivity index (χ1n) is 13.9. The number of carbonyl (C=O) groups is 1. The maximum absolute atomic E-state index is 11.6. The summed E-state index contributed by atoms with van der Waals surface area (Å²) in [5, 5.41) is 2.93. The Hall–Kier alpha value is -3.71. The number of carbonyl (C=O) groups excluding carboxylic acids is 1. The third kappa shape index (κ3) is 13.5. The van der Waals surface area contributed by atoms with Crippen molar-refractivity contribution in [3.63, 3.8) is 0 Å². The van der Waals surface area contributed by atoms with E-state index in [1.165, 1.54) is 16.7 Å². The van der Waals surface area contributed by atoms with Gasteiger partial charge in [-0.25, -0.2) is 0 Å². The standard InChI is InChI=1S/C23H28N2O2S.C9H12O2.C2H6/c1-4-23(26)25-17-28-22(16-18-9-6-5-7-10-18)21(24-2)15-19-11-8-12-20(27-3)14-13-19;1-7-4-5-8(10-2)9(6-7)11-3;1-2/h5-7,9-14H,2,4,8,15-17H2,1,3H3,(H,25,26);4-6H,1-3H3;1-2H3/b22-21-;;. The van der Waals surface area contributed by atoms with Gasteiger partial charge < -0.3 is 19.5 Å². The van der Waals surface area contributed by atoms with E-state index in [2.05, 4.69) is 41.3 Å². The fraction of sp³-hybridized carbons (Fsp3) is 0.353. The Labute approximate surface area is 251 Å². The van der Waals surface area contributed by atoms with Crippen LogP contribution in [0.25, 0.3) is 0 Å². The number of thioether (sulfide) groups is 1. The summed E-state index contributed by atoms with van der Waals surface area (Å²) in [7, 11) is 4.95. The van der Waals surface area contributed by atoms with E-state index in [-0.39, 0.29) is 5.91 Å². The van der Waals surface area contributed by atoms with Crippen LogP contribution in [-0.2, 0) is 16.0 Å². The van der Waals surface area contributed by atoms with Gasteiger partial charge in [0.2, 0.25) is 5.91 Å². The highest BCUT2D eigenvalue weighted by Crippen LogP contribution is 2.29. The first-order chi connectivity index (χ1) is 19.9. The molecule has 0 atom stereocenters. The topological polar surface area (TPSA) is 69.2 Å². The molecule has 0 fully saturated rings. The molecule has 0 radical (unpaired) electrons. The zero-order chi connectivity index (χ0) is 30.5. The molecule has 0 aromatic heterocycles. The van der Waals surface area contributed by atoms with Crippen LogP contribution in [0.3, 0.4) is 0 Å². The van der Waals surface area contributed by atoms with Gasteiger partial charge in [0.05, 0.1) is 32.9 Å². The van der Waals surface area contributed by atoms with E-state index in [4.69, 9.17) is 14.2 Å². The molecule has 0 saturated carbocycles. The molecule has 0 bridgehead atoms. The van der Waals surface area contributed by atoms with Crippen LogP contribution >= 0.6 is 11.8 Å². The molecule has 6 nitrogen and oxygen atoms in total. The number of nitrogens with zero attached hydrogens (tertiary/aromatic N) is 1. The van der Waals surface area contributed by atoms with Crippen molar-refractivity contribution in [1.82, 2.24) is 5.32 Å². The molecule has 0 heterocycles. The largest absolute Gasteiger partial charge is 0.497 e. The molecule has 2 aromatic rings. The van der Waals surface area contributed by atoms with Gasteiger partial charge in [0.1, 0.15) is 5.76 Å². The van der Waals surface area contributed by atoms with E-state index in [0.717, 1.165) is 40.7 Å². The number of methoxy groups -OCH3 is 3. The van der Waals surface area contributed by atoms with Crippen molar-refractivity contribution >= 4 is 24.4 Å². The van der Waals surface area contributed by atoms with Crippen LogP contribution in [0.2, 0.25) is 0 Å². The van der Waals surface area contributed by atoms with Crippen LogP contribution in [0.15, 0.2) is 99.8 Å². The van der Waals surface area contributed by atoms with Crippen LogP contribution in [0.1, 0.15) is 51.2 Å². The summed E-state index contributed by atoms with van der Waals surface area (Å²) in [5.74, 6) is 3.00. The molecule has 0 saturated heterocycles. The third-order valence-electron chi connectivity index (χ3n) is 5.86. The van der Waals surface area contributed by atoms with Crippen molar-refractivity contribution in [3.05, 3.63) is 106 Å². The van der Waals surface area contributed by atoms with Crippen LogP contribution in [0.5, 0.6) is 11.5 Å². The lowest BCUT2D eigenvalue weighted by atomic mass is 10.1. The molecule has 7 heteroatoms. The van der Waals surface area contributed by atoms with E-state index in [1.807, 2.05) is 76.2 Å². The highest BCUT2D eigenvalue weighted by atomic mass is 32.2. The molecule has 1 amide bonds. The highest BCUT2D eigenvalue weighted by molar-refractivity contribution is 8.03. The molecule has 1 N–H and O–H groups in total. The predicted molar refractivity (Wildman–Crippen MR) is 175 cm³/mol. The highest BCUT2D eigenvalue weighted by Gasteiger charge is 2.11. The Bertz CT molecular complexity index is 1200. The van der Waals surface area contributed by atoms with Crippen molar-refractivity contribution in [2.75, 3.05) is 27.2 Å². The second-order valence-electron chi connectivity index (χ2n) is 8.63. The van der Waals surface area contributed by atoms with E-state index in [1.54, 1.807) is 33.1 Å². The van der Waals surface area contributed by atoms with Gasteiger partial charge in [-0.05, 0) is 61.0 Å². The molecule has 1 aliphatic carbocycles. The maximum Gasteiger partial charge on any atom is 0.220 e. The number of hydrogen-bond acceptors (Lipinski definition) is 6. The number of nitrogens with one attached hydrogen (secondary N) is 1. The van der Waals surface area contributed by atoms with Gasteiger partial charge in [-0.3, -0.25) is 9.79 Å². The van der Waals surface area contributed by atoms with E-state index < -0.39 is 0 Å². The SMILES string of the molecule is C=N/C(CC1=CCC=C(OC)C=C1)=C(/Cc1ccccc1)SCNC(=O)CC.CC.COc1ccc(C)cc1OC. The first-order valence-corrected chi connectivity index (χ1v) is 14.8. The lowest BCUT2D eigenvalue weighted by molar-refractivity contribution is -0.120. The van der Waals surface area contributed by atoms with Crippen LogP contribution < -0.4 is 14.8 Å². The number of benzene rings is 2. The Kier molecular flexibility index (Phi) is 18.2. The molecule has 3 rings (SSSR count). The fourth-order valence-corrected chi connectivity index (χ4v) is 4.64. The normalized spacial score (nSPS) is 12.5. The number of amides is 1. The average molecular weight is 579 g/mol. The van der Waals surface area contributed by atoms with Gasteiger partial charge >= 0.3 is 0 Å². The number of hydrogen-bond donors (Lipinski definition) is 1. The Morgan fingerprint density at radius 3 is 2.27 bits per heavy atom. The van der Waals surface area contributed by atoms with Crippen molar-refractivity contribution in [1.29, 1.82) is 0 Å². The lowest BCUT2D eigenvalue weighted by Gasteiger charge is -2.13. The van der Waals surface area contributed by atoms with E-state index in [9.17, 15) is 4.79 Å². The molecule has 222 valence electrons. The van der Waals surface area contributed by atoms with Crippen LogP contribution in [0, 0.1) is 6.92 Å². The van der Waals surface area contributed by atoms with Gasteiger partial charge in [-0.2, -0.15) is 0 Å². The average Bonchev–Trinajstić information content (AvgIpc) is 3.26. The molecule has 2 aromatic carbocycles. The maximum atomic E-state index is 11.6. The zero-order valence-electron chi connectivity index (χ0n) is 25.7. The smallest absolute Gasteiger partial charge is 0.220 e. The van der Waals surface area contributed by atoms with Crippen LogP contribution in [-0.4, -0.2) is 39.8 Å². The van der Waals surface area contributed by atoms with Gasteiger partial charge in [-0.1, -0.05) is 69.3 Å². The number of allylic oxidation sites excluding steroid dienone is 6. The number of ether oxygens (including phenoxy) is 3. The Balaban J connectivity index is 0.000000538. The zero-order valence-corrected chi connectivity index (χ0v) is 26.5. The number of aryl methyl sites for hydroxylation is 1. The first kappa shape index (κ1) is 35.3. The minimum atomic E-state index is 0.0484.